The van der Waals surface area contributed by atoms with Crippen LogP contribution in [0.3, 0.4) is 0 Å². The fourth-order valence-electron chi connectivity index (χ4n) is 2.46. The number of benzene rings is 2. The van der Waals surface area contributed by atoms with Crippen LogP contribution in [0.5, 0.6) is 0 Å². The first kappa shape index (κ1) is 20.6. The van der Waals surface area contributed by atoms with Crippen molar-refractivity contribution >= 4 is 34.2 Å². The van der Waals surface area contributed by atoms with Crippen LogP contribution in [0.15, 0.2) is 53.0 Å². The quantitative estimate of drug-likeness (QED) is 0.791. The van der Waals surface area contributed by atoms with Crippen LogP contribution in [0, 0.1) is 11.7 Å². The van der Waals surface area contributed by atoms with Gasteiger partial charge in [0.15, 0.2) is 0 Å². The highest BCUT2D eigenvalue weighted by molar-refractivity contribution is 9.10. The molecule has 1 amide bonds. The highest BCUT2D eigenvalue weighted by atomic mass is 79.9. The molecule has 0 aliphatic carbocycles. The standard InChI is InChI=1S/C18H20BrFN2O.ClH/c1-12(17(21)13-6-4-3-5-7-13)18(23)22(2)11-14-10-15(19)8-9-16(14)20;/h3-10,12,17H,11,21H2,1-2H3;1H. The van der Waals surface area contributed by atoms with Gasteiger partial charge in [-0.3, -0.25) is 4.79 Å². The van der Waals surface area contributed by atoms with Gasteiger partial charge in [0.05, 0.1) is 5.92 Å². The zero-order valence-corrected chi connectivity index (χ0v) is 16.0. The van der Waals surface area contributed by atoms with Crippen molar-refractivity contribution in [3.05, 3.63) is 69.9 Å². The monoisotopic (exact) mass is 414 g/mol. The van der Waals surface area contributed by atoms with E-state index in [1.807, 2.05) is 30.3 Å². The van der Waals surface area contributed by atoms with Crippen LogP contribution in [0.2, 0.25) is 0 Å². The van der Waals surface area contributed by atoms with E-state index in [0.29, 0.717) is 5.56 Å². The molecule has 0 spiro atoms. The third-order valence-electron chi connectivity index (χ3n) is 3.90. The predicted molar refractivity (Wildman–Crippen MR) is 100 cm³/mol. The number of hydrogen-bond donors (Lipinski definition) is 1. The largest absolute Gasteiger partial charge is 0.341 e. The van der Waals surface area contributed by atoms with E-state index < -0.39 is 12.0 Å². The highest BCUT2D eigenvalue weighted by Gasteiger charge is 2.25. The molecule has 0 heterocycles. The summed E-state index contributed by atoms with van der Waals surface area (Å²) in [5, 5.41) is 0. The predicted octanol–water partition coefficient (Wildman–Crippen LogP) is 4.30. The van der Waals surface area contributed by atoms with Crippen LogP contribution in [0.1, 0.15) is 24.1 Å². The van der Waals surface area contributed by atoms with Gasteiger partial charge in [-0.1, -0.05) is 53.2 Å². The second-order valence-electron chi connectivity index (χ2n) is 5.66. The molecule has 2 aromatic rings. The van der Waals surface area contributed by atoms with E-state index in [9.17, 15) is 9.18 Å². The molecule has 0 fully saturated rings. The van der Waals surface area contributed by atoms with E-state index in [1.165, 1.54) is 11.0 Å². The molecule has 24 heavy (non-hydrogen) atoms. The molecule has 6 heteroatoms. The summed E-state index contributed by atoms with van der Waals surface area (Å²) in [6.07, 6.45) is 0. The normalized spacial score (nSPS) is 12.9. The van der Waals surface area contributed by atoms with Gasteiger partial charge in [0.2, 0.25) is 5.91 Å². The third-order valence-corrected chi connectivity index (χ3v) is 4.40. The Balaban J connectivity index is 0.00000288. The Morgan fingerprint density at radius 3 is 2.50 bits per heavy atom. The van der Waals surface area contributed by atoms with Gasteiger partial charge in [0.1, 0.15) is 5.82 Å². The maximum absolute atomic E-state index is 13.8. The third kappa shape index (κ3) is 5.03. The van der Waals surface area contributed by atoms with Crippen molar-refractivity contribution < 1.29 is 9.18 Å². The summed E-state index contributed by atoms with van der Waals surface area (Å²) in [5.74, 6) is -0.828. The van der Waals surface area contributed by atoms with Crippen LogP contribution in [0.25, 0.3) is 0 Å². The molecule has 0 radical (unpaired) electrons. The molecular formula is C18H21BrClFN2O. The van der Waals surface area contributed by atoms with Crippen LogP contribution in [-0.2, 0) is 11.3 Å². The number of amides is 1. The molecule has 3 nitrogen and oxygen atoms in total. The van der Waals surface area contributed by atoms with E-state index in [2.05, 4.69) is 15.9 Å². The Morgan fingerprint density at radius 1 is 1.25 bits per heavy atom. The molecular weight excluding hydrogens is 395 g/mol. The van der Waals surface area contributed by atoms with E-state index in [-0.39, 0.29) is 30.7 Å². The molecule has 2 rings (SSSR count). The van der Waals surface area contributed by atoms with Gasteiger partial charge < -0.3 is 10.6 Å². The molecule has 0 aromatic heterocycles. The van der Waals surface area contributed by atoms with Crippen molar-refractivity contribution in [2.45, 2.75) is 19.5 Å². The van der Waals surface area contributed by atoms with Crippen molar-refractivity contribution in [3.8, 4) is 0 Å². The Hall–Kier alpha value is -1.43. The second kappa shape index (κ2) is 9.16. The van der Waals surface area contributed by atoms with Gasteiger partial charge in [-0.2, -0.15) is 0 Å². The zero-order valence-electron chi connectivity index (χ0n) is 13.6. The second-order valence-corrected chi connectivity index (χ2v) is 6.57. The molecule has 130 valence electrons. The number of halogens is 3. The molecule has 0 aliphatic heterocycles. The smallest absolute Gasteiger partial charge is 0.227 e. The summed E-state index contributed by atoms with van der Waals surface area (Å²) in [6.45, 7) is 2.00. The number of rotatable bonds is 5. The Morgan fingerprint density at radius 2 is 1.88 bits per heavy atom. The Kier molecular flexibility index (Phi) is 7.87. The first-order valence-corrected chi connectivity index (χ1v) is 8.19. The average molecular weight is 416 g/mol. The first-order valence-electron chi connectivity index (χ1n) is 7.39. The van der Waals surface area contributed by atoms with Crippen molar-refractivity contribution in [2.24, 2.45) is 11.7 Å². The van der Waals surface area contributed by atoms with E-state index in [1.54, 1.807) is 26.1 Å². The Labute approximate surface area is 156 Å². The maximum atomic E-state index is 13.8. The van der Waals surface area contributed by atoms with Gasteiger partial charge in [-0.25, -0.2) is 4.39 Å². The lowest BCUT2D eigenvalue weighted by molar-refractivity contribution is -0.134. The molecule has 2 N–H and O–H groups in total. The topological polar surface area (TPSA) is 46.3 Å². The summed E-state index contributed by atoms with van der Waals surface area (Å²) in [4.78, 5) is 14.1. The van der Waals surface area contributed by atoms with Crippen LogP contribution < -0.4 is 5.73 Å². The summed E-state index contributed by atoms with van der Waals surface area (Å²) in [6, 6.07) is 13.8. The molecule has 0 saturated heterocycles. The molecule has 2 unspecified atom stereocenters. The number of nitrogens with two attached hydrogens (primary N) is 1. The fraction of sp³-hybridized carbons (Fsp3) is 0.278. The lowest BCUT2D eigenvalue weighted by Gasteiger charge is -2.26. The summed E-state index contributed by atoms with van der Waals surface area (Å²) < 4.78 is 14.6. The van der Waals surface area contributed by atoms with E-state index >= 15 is 0 Å². The van der Waals surface area contributed by atoms with Gasteiger partial charge in [0.25, 0.3) is 0 Å². The van der Waals surface area contributed by atoms with Crippen molar-refractivity contribution in [1.29, 1.82) is 0 Å². The minimum atomic E-state index is -0.391. The lowest BCUT2D eigenvalue weighted by Crippen LogP contribution is -2.36. The van der Waals surface area contributed by atoms with Crippen molar-refractivity contribution in [1.82, 2.24) is 4.90 Å². The molecule has 0 bridgehead atoms. The zero-order chi connectivity index (χ0) is 17.0. The number of nitrogens with zero attached hydrogens (tertiary/aromatic N) is 1. The average Bonchev–Trinajstić information content (AvgIpc) is 2.56. The molecule has 2 aromatic carbocycles. The fourth-order valence-corrected chi connectivity index (χ4v) is 2.87. The number of carbonyl (C=O) groups is 1. The minimum absolute atomic E-state index is 0. The summed E-state index contributed by atoms with van der Waals surface area (Å²) in [5.41, 5.74) is 7.58. The van der Waals surface area contributed by atoms with Gasteiger partial charge >= 0.3 is 0 Å². The lowest BCUT2D eigenvalue weighted by atomic mass is 9.94. The van der Waals surface area contributed by atoms with E-state index in [4.69, 9.17) is 5.73 Å². The van der Waals surface area contributed by atoms with Crippen LogP contribution in [0.4, 0.5) is 4.39 Å². The SMILES string of the molecule is CC(C(=O)N(C)Cc1cc(Br)ccc1F)C(N)c1ccccc1.Cl. The van der Waals surface area contributed by atoms with Gasteiger partial charge in [0, 0.05) is 29.7 Å². The molecule has 0 saturated carbocycles. The Bertz CT molecular complexity index is 684. The summed E-state index contributed by atoms with van der Waals surface area (Å²) >= 11 is 3.32. The van der Waals surface area contributed by atoms with Crippen LogP contribution >= 0.6 is 28.3 Å². The molecule has 2 atom stereocenters. The summed E-state index contributed by atoms with van der Waals surface area (Å²) in [7, 11) is 1.66. The maximum Gasteiger partial charge on any atom is 0.227 e. The van der Waals surface area contributed by atoms with Gasteiger partial charge in [-0.05, 0) is 23.8 Å². The van der Waals surface area contributed by atoms with Gasteiger partial charge in [-0.15, -0.1) is 12.4 Å². The number of carbonyl (C=O) groups excluding carboxylic acids is 1. The molecule has 0 aliphatic rings. The van der Waals surface area contributed by atoms with E-state index in [0.717, 1.165) is 10.0 Å². The highest BCUT2D eigenvalue weighted by Crippen LogP contribution is 2.22. The van der Waals surface area contributed by atoms with Crippen molar-refractivity contribution in [3.63, 3.8) is 0 Å². The first-order chi connectivity index (χ1) is 10.9. The minimum Gasteiger partial charge on any atom is -0.341 e. The number of hydrogen-bond acceptors (Lipinski definition) is 2. The van der Waals surface area contributed by atoms with Crippen LogP contribution in [-0.4, -0.2) is 17.9 Å². The van der Waals surface area contributed by atoms with Crippen molar-refractivity contribution in [2.75, 3.05) is 7.05 Å².